The molecule has 0 saturated heterocycles. The topological polar surface area (TPSA) is 131 Å². The number of halogens is 1. The average Bonchev–Trinajstić information content (AvgIpc) is 2.76. The smallest absolute Gasteiger partial charge is 0.290 e. The summed E-state index contributed by atoms with van der Waals surface area (Å²) < 4.78 is 1.05. The number of aromatic nitrogens is 2. The first-order chi connectivity index (χ1) is 14.7. The normalized spacial score (nSPS) is 10.4. The van der Waals surface area contributed by atoms with Gasteiger partial charge in [-0.15, -0.1) is 0 Å². The Morgan fingerprint density at radius 3 is 2.55 bits per heavy atom. The Labute approximate surface area is 185 Å². The summed E-state index contributed by atoms with van der Waals surface area (Å²) in [6.07, 6.45) is 0. The molecular formula is C21H18BrN5O4. The Morgan fingerprint density at radius 2 is 1.94 bits per heavy atom. The van der Waals surface area contributed by atoms with Gasteiger partial charge < -0.3 is 15.3 Å². The van der Waals surface area contributed by atoms with Gasteiger partial charge in [-0.1, -0.05) is 30.3 Å². The molecule has 3 rings (SSSR count). The van der Waals surface area contributed by atoms with E-state index in [9.17, 15) is 24.8 Å². The van der Waals surface area contributed by atoms with Crippen LogP contribution in [0.3, 0.4) is 0 Å². The van der Waals surface area contributed by atoms with Crippen molar-refractivity contribution in [2.45, 2.75) is 6.54 Å². The molecule has 0 aliphatic carbocycles. The number of benzene rings is 2. The highest BCUT2D eigenvalue weighted by Gasteiger charge is 2.21. The van der Waals surface area contributed by atoms with Crippen molar-refractivity contribution in [1.82, 2.24) is 14.7 Å². The molecule has 0 bridgehead atoms. The maximum absolute atomic E-state index is 13.0. The quantitative estimate of drug-likeness (QED) is 0.477. The molecule has 0 spiro atoms. The van der Waals surface area contributed by atoms with Crippen molar-refractivity contribution in [3.8, 4) is 11.8 Å². The van der Waals surface area contributed by atoms with Crippen molar-refractivity contribution in [1.29, 1.82) is 5.26 Å². The fourth-order valence-electron chi connectivity index (χ4n) is 2.88. The molecule has 0 unspecified atom stereocenters. The van der Waals surface area contributed by atoms with Crippen LogP contribution in [0.15, 0.2) is 56.5 Å². The van der Waals surface area contributed by atoms with Crippen molar-refractivity contribution < 1.29 is 9.90 Å². The third-order valence-electron chi connectivity index (χ3n) is 4.43. The summed E-state index contributed by atoms with van der Waals surface area (Å²) in [5.41, 5.74) is -0.571. The molecule has 1 aromatic heterocycles. The van der Waals surface area contributed by atoms with E-state index in [1.54, 1.807) is 12.1 Å². The van der Waals surface area contributed by atoms with E-state index in [2.05, 4.69) is 26.3 Å². The summed E-state index contributed by atoms with van der Waals surface area (Å²) in [6.45, 7) is 0.117. The van der Waals surface area contributed by atoms with Crippen LogP contribution in [0.1, 0.15) is 21.5 Å². The predicted octanol–water partition coefficient (Wildman–Crippen LogP) is 2.37. The number of phenolic OH excluding ortho intramolecular Hbond substituents is 1. The minimum absolute atomic E-state index is 0.0566. The van der Waals surface area contributed by atoms with E-state index in [0.717, 1.165) is 10.2 Å². The second-order valence-corrected chi connectivity index (χ2v) is 7.66. The Kier molecular flexibility index (Phi) is 6.27. The van der Waals surface area contributed by atoms with Gasteiger partial charge in [0, 0.05) is 14.1 Å². The number of aromatic hydroxyl groups is 1. The molecule has 0 aliphatic heterocycles. The average molecular weight is 484 g/mol. The molecule has 9 nitrogen and oxygen atoms in total. The lowest BCUT2D eigenvalue weighted by atomic mass is 10.1. The molecule has 0 saturated carbocycles. The van der Waals surface area contributed by atoms with Crippen molar-refractivity contribution in [2.75, 3.05) is 19.4 Å². The lowest BCUT2D eigenvalue weighted by molar-refractivity contribution is 0.0824. The van der Waals surface area contributed by atoms with E-state index in [0.29, 0.717) is 0 Å². The van der Waals surface area contributed by atoms with Crippen LogP contribution in [0.2, 0.25) is 0 Å². The number of hydrogen-bond donors (Lipinski definition) is 3. The van der Waals surface area contributed by atoms with E-state index in [1.807, 2.05) is 24.3 Å². The van der Waals surface area contributed by atoms with E-state index in [4.69, 9.17) is 0 Å². The molecule has 31 heavy (non-hydrogen) atoms. The third kappa shape index (κ3) is 4.51. The van der Waals surface area contributed by atoms with Crippen molar-refractivity contribution >= 4 is 33.2 Å². The fraction of sp³-hybridized carbons (Fsp3) is 0.143. The summed E-state index contributed by atoms with van der Waals surface area (Å²) >= 11 is 3.10. The van der Waals surface area contributed by atoms with Crippen LogP contribution in [-0.2, 0) is 6.54 Å². The first kappa shape index (κ1) is 21.9. The van der Waals surface area contributed by atoms with E-state index < -0.39 is 22.8 Å². The molecule has 0 fully saturated rings. The summed E-state index contributed by atoms with van der Waals surface area (Å²) in [6, 6.07) is 13.5. The zero-order chi connectivity index (χ0) is 22.7. The van der Waals surface area contributed by atoms with Crippen molar-refractivity contribution in [3.63, 3.8) is 0 Å². The van der Waals surface area contributed by atoms with Gasteiger partial charge in [0.25, 0.3) is 17.0 Å². The van der Waals surface area contributed by atoms with Gasteiger partial charge in [-0.3, -0.25) is 19.5 Å². The van der Waals surface area contributed by atoms with Gasteiger partial charge in [0.1, 0.15) is 10.2 Å². The second-order valence-electron chi connectivity index (χ2n) is 6.86. The minimum Gasteiger partial charge on any atom is -0.505 e. The molecule has 1 heterocycles. The van der Waals surface area contributed by atoms with Gasteiger partial charge in [-0.2, -0.15) is 5.26 Å². The second kappa shape index (κ2) is 8.89. The number of carbonyl (C=O) groups is 1. The molecule has 2 aromatic carbocycles. The van der Waals surface area contributed by atoms with Crippen LogP contribution in [0.4, 0.5) is 11.4 Å². The van der Waals surface area contributed by atoms with E-state index in [-0.39, 0.29) is 33.5 Å². The number of nitriles is 1. The molecule has 1 amide bonds. The Morgan fingerprint density at radius 1 is 1.26 bits per heavy atom. The molecule has 3 N–H and O–H groups in total. The fourth-order valence-corrected chi connectivity index (χ4v) is 3.24. The Hall–Kier alpha value is -3.84. The van der Waals surface area contributed by atoms with Gasteiger partial charge in [0.05, 0.1) is 29.4 Å². The number of nitrogens with one attached hydrogen (secondary N) is 2. The monoisotopic (exact) mass is 483 g/mol. The molecule has 10 heteroatoms. The molecular weight excluding hydrogens is 466 g/mol. The van der Waals surface area contributed by atoms with Gasteiger partial charge in [0.15, 0.2) is 5.75 Å². The third-order valence-corrected chi connectivity index (χ3v) is 5.19. The first-order valence-corrected chi connectivity index (χ1v) is 9.84. The molecule has 3 aromatic rings. The standard InChI is InChI=1S/C21H18BrN5O4/c1-26(2)20(30)14-8-13(10-23)9-15(18(14)28)24-17-16(22)19(29)25-27(21(17)31)11-12-6-4-3-5-7-12/h3-9,24,28H,11H2,1-2H3,(H,25,29). The first-order valence-electron chi connectivity index (χ1n) is 9.05. The molecule has 0 atom stereocenters. The molecule has 158 valence electrons. The highest BCUT2D eigenvalue weighted by molar-refractivity contribution is 9.10. The Balaban J connectivity index is 2.12. The zero-order valence-corrected chi connectivity index (χ0v) is 18.2. The largest absolute Gasteiger partial charge is 0.505 e. The van der Waals surface area contributed by atoms with Gasteiger partial charge in [0.2, 0.25) is 0 Å². The number of phenols is 1. The van der Waals surface area contributed by atoms with Crippen LogP contribution < -0.4 is 16.4 Å². The van der Waals surface area contributed by atoms with Crippen molar-refractivity contribution in [3.05, 3.63) is 84.3 Å². The SMILES string of the molecule is CN(C)C(=O)c1cc(C#N)cc(Nc2c(Br)c(=O)[nH]n(Cc3ccccc3)c2=O)c1O. The number of hydrogen-bond acceptors (Lipinski definition) is 6. The van der Waals surface area contributed by atoms with Crippen LogP contribution in [-0.4, -0.2) is 39.8 Å². The van der Waals surface area contributed by atoms with Gasteiger partial charge in [-0.05, 0) is 33.6 Å². The number of aromatic amines is 1. The zero-order valence-electron chi connectivity index (χ0n) is 16.6. The van der Waals surface area contributed by atoms with Crippen LogP contribution in [0, 0.1) is 11.3 Å². The summed E-state index contributed by atoms with van der Waals surface area (Å²) in [4.78, 5) is 39.0. The number of rotatable bonds is 5. The minimum atomic E-state index is -0.572. The number of carbonyl (C=O) groups excluding carboxylic acids is 1. The van der Waals surface area contributed by atoms with E-state index >= 15 is 0 Å². The predicted molar refractivity (Wildman–Crippen MR) is 119 cm³/mol. The van der Waals surface area contributed by atoms with Crippen LogP contribution in [0.5, 0.6) is 5.75 Å². The number of amides is 1. The summed E-state index contributed by atoms with van der Waals surface area (Å²) in [5.74, 6) is -0.969. The maximum atomic E-state index is 13.0. The maximum Gasteiger partial charge on any atom is 0.290 e. The highest BCUT2D eigenvalue weighted by Crippen LogP contribution is 2.33. The van der Waals surface area contributed by atoms with Gasteiger partial charge in [-0.25, -0.2) is 4.68 Å². The number of anilines is 2. The van der Waals surface area contributed by atoms with Gasteiger partial charge >= 0.3 is 0 Å². The van der Waals surface area contributed by atoms with Crippen molar-refractivity contribution in [2.24, 2.45) is 0 Å². The summed E-state index contributed by atoms with van der Waals surface area (Å²) in [5, 5.41) is 25.1. The lowest BCUT2D eigenvalue weighted by Gasteiger charge is -2.16. The highest BCUT2D eigenvalue weighted by atomic mass is 79.9. The number of H-pyrrole nitrogens is 1. The lowest BCUT2D eigenvalue weighted by Crippen LogP contribution is -2.32. The summed E-state index contributed by atoms with van der Waals surface area (Å²) in [7, 11) is 3.01. The van der Waals surface area contributed by atoms with E-state index in [1.165, 1.54) is 31.1 Å². The molecule has 0 radical (unpaired) electrons. The van der Waals surface area contributed by atoms with Crippen LogP contribution in [0.25, 0.3) is 0 Å². The Bertz CT molecular complexity index is 1310. The number of nitrogens with zero attached hydrogens (tertiary/aromatic N) is 3. The van der Waals surface area contributed by atoms with Crippen LogP contribution >= 0.6 is 15.9 Å². The molecule has 0 aliphatic rings.